The monoisotopic (exact) mass is 242 g/mol. The van der Waals surface area contributed by atoms with Crippen molar-refractivity contribution < 1.29 is 0 Å². The summed E-state index contributed by atoms with van der Waals surface area (Å²) in [7, 11) is 0. The minimum atomic E-state index is 0.722. The summed E-state index contributed by atoms with van der Waals surface area (Å²) in [6.07, 6.45) is 5.67. The van der Waals surface area contributed by atoms with Crippen LogP contribution in [-0.4, -0.2) is 29.1 Å². The third-order valence-electron chi connectivity index (χ3n) is 3.14. The topological polar surface area (TPSA) is 49.8 Å². The first-order valence-electron chi connectivity index (χ1n) is 6.61. The fourth-order valence-electron chi connectivity index (χ4n) is 1.94. The van der Waals surface area contributed by atoms with Gasteiger partial charge in [0.1, 0.15) is 0 Å². The van der Waals surface area contributed by atoms with Gasteiger partial charge in [0, 0.05) is 24.2 Å². The molecular formula is C14H18N4. The average molecular weight is 242 g/mol. The number of para-hydroxylation sites is 1. The van der Waals surface area contributed by atoms with Crippen LogP contribution in [-0.2, 0) is 0 Å². The van der Waals surface area contributed by atoms with Gasteiger partial charge in [-0.15, -0.1) is 0 Å². The van der Waals surface area contributed by atoms with Gasteiger partial charge in [-0.2, -0.15) is 0 Å². The van der Waals surface area contributed by atoms with E-state index >= 15 is 0 Å². The number of aromatic nitrogens is 2. The molecule has 0 radical (unpaired) electrons. The number of benzene rings is 1. The molecule has 94 valence electrons. The van der Waals surface area contributed by atoms with E-state index in [1.54, 1.807) is 0 Å². The molecule has 0 saturated heterocycles. The Hall–Kier alpha value is -1.68. The number of hydrogen-bond acceptors (Lipinski definition) is 4. The summed E-state index contributed by atoms with van der Waals surface area (Å²) in [6.45, 7) is 1.99. The fraction of sp³-hybridized carbons (Fsp3) is 0.429. The number of rotatable bonds is 6. The van der Waals surface area contributed by atoms with Crippen molar-refractivity contribution in [2.75, 3.05) is 18.4 Å². The van der Waals surface area contributed by atoms with Crippen molar-refractivity contribution in [2.45, 2.75) is 25.3 Å². The SMILES string of the molecule is c1ccc2nc(NCCCNC3CC3)ncc2c1. The highest BCUT2D eigenvalue weighted by Gasteiger charge is 2.19. The van der Waals surface area contributed by atoms with Gasteiger partial charge in [-0.25, -0.2) is 9.97 Å². The maximum atomic E-state index is 4.48. The molecule has 0 spiro atoms. The predicted molar refractivity (Wildman–Crippen MR) is 73.7 cm³/mol. The van der Waals surface area contributed by atoms with E-state index in [2.05, 4.69) is 20.6 Å². The van der Waals surface area contributed by atoms with Crippen LogP contribution in [0.5, 0.6) is 0 Å². The van der Waals surface area contributed by atoms with Gasteiger partial charge in [0.05, 0.1) is 5.52 Å². The second-order valence-electron chi connectivity index (χ2n) is 4.76. The van der Waals surface area contributed by atoms with E-state index in [4.69, 9.17) is 0 Å². The molecule has 1 aromatic heterocycles. The summed E-state index contributed by atoms with van der Waals surface area (Å²) in [4.78, 5) is 8.79. The van der Waals surface area contributed by atoms with E-state index in [0.717, 1.165) is 42.4 Å². The van der Waals surface area contributed by atoms with Crippen molar-refractivity contribution in [1.29, 1.82) is 0 Å². The third-order valence-corrected chi connectivity index (χ3v) is 3.14. The van der Waals surface area contributed by atoms with Gasteiger partial charge < -0.3 is 10.6 Å². The van der Waals surface area contributed by atoms with Gasteiger partial charge in [-0.05, 0) is 31.9 Å². The molecule has 1 saturated carbocycles. The minimum absolute atomic E-state index is 0.722. The second kappa shape index (κ2) is 5.31. The van der Waals surface area contributed by atoms with Gasteiger partial charge in [-0.1, -0.05) is 18.2 Å². The van der Waals surface area contributed by atoms with Crippen molar-refractivity contribution >= 4 is 16.9 Å². The van der Waals surface area contributed by atoms with Crippen LogP contribution in [0.3, 0.4) is 0 Å². The summed E-state index contributed by atoms with van der Waals surface area (Å²) in [6, 6.07) is 8.83. The van der Waals surface area contributed by atoms with Gasteiger partial charge in [0.15, 0.2) is 0 Å². The van der Waals surface area contributed by atoms with Crippen LogP contribution in [0.4, 0.5) is 5.95 Å². The molecule has 2 aromatic rings. The van der Waals surface area contributed by atoms with Crippen molar-refractivity contribution in [2.24, 2.45) is 0 Å². The molecule has 18 heavy (non-hydrogen) atoms. The molecule has 0 bridgehead atoms. The summed E-state index contributed by atoms with van der Waals surface area (Å²) in [5.41, 5.74) is 0.992. The number of nitrogens with one attached hydrogen (secondary N) is 2. The molecule has 1 fully saturated rings. The molecule has 4 heteroatoms. The first-order valence-corrected chi connectivity index (χ1v) is 6.61. The lowest BCUT2D eigenvalue weighted by Crippen LogP contribution is -2.20. The first-order chi connectivity index (χ1) is 8.92. The minimum Gasteiger partial charge on any atom is -0.354 e. The Labute approximate surface area is 107 Å². The highest BCUT2D eigenvalue weighted by Crippen LogP contribution is 2.18. The molecule has 1 aliphatic rings. The van der Waals surface area contributed by atoms with Crippen LogP contribution in [0.25, 0.3) is 10.9 Å². The molecule has 1 aliphatic carbocycles. The number of fused-ring (bicyclic) bond motifs is 1. The third kappa shape index (κ3) is 2.96. The quantitative estimate of drug-likeness (QED) is 0.762. The van der Waals surface area contributed by atoms with E-state index in [1.807, 2.05) is 30.5 Å². The second-order valence-corrected chi connectivity index (χ2v) is 4.76. The average Bonchev–Trinajstić information content (AvgIpc) is 3.22. The standard InChI is InChI=1S/C14H18N4/c1-2-5-13-11(4-1)10-17-14(18-13)16-9-3-8-15-12-6-7-12/h1-2,4-5,10,12,15H,3,6-9H2,(H,16,17,18). The lowest BCUT2D eigenvalue weighted by Gasteiger charge is -2.06. The molecular weight excluding hydrogens is 224 g/mol. The van der Waals surface area contributed by atoms with Gasteiger partial charge in [0.25, 0.3) is 0 Å². The van der Waals surface area contributed by atoms with Crippen LogP contribution >= 0.6 is 0 Å². The maximum Gasteiger partial charge on any atom is 0.223 e. The van der Waals surface area contributed by atoms with Crippen molar-refractivity contribution in [3.63, 3.8) is 0 Å². The molecule has 1 heterocycles. The number of nitrogens with zero attached hydrogens (tertiary/aromatic N) is 2. The van der Waals surface area contributed by atoms with Gasteiger partial charge >= 0.3 is 0 Å². The zero-order valence-corrected chi connectivity index (χ0v) is 10.4. The van der Waals surface area contributed by atoms with Crippen molar-refractivity contribution in [3.8, 4) is 0 Å². The summed E-state index contributed by atoms with van der Waals surface area (Å²) in [5, 5.41) is 7.84. The Morgan fingerprint density at radius 1 is 1.17 bits per heavy atom. The molecule has 0 amide bonds. The van der Waals surface area contributed by atoms with E-state index in [9.17, 15) is 0 Å². The predicted octanol–water partition coefficient (Wildman–Crippen LogP) is 2.18. The highest BCUT2D eigenvalue weighted by molar-refractivity contribution is 5.78. The molecule has 0 atom stereocenters. The molecule has 3 rings (SSSR count). The van der Waals surface area contributed by atoms with Crippen LogP contribution in [0.2, 0.25) is 0 Å². The molecule has 2 N–H and O–H groups in total. The Morgan fingerprint density at radius 3 is 2.94 bits per heavy atom. The van der Waals surface area contributed by atoms with Crippen LogP contribution in [0.15, 0.2) is 30.5 Å². The van der Waals surface area contributed by atoms with Crippen LogP contribution < -0.4 is 10.6 Å². The Bertz CT molecular complexity index is 522. The van der Waals surface area contributed by atoms with E-state index < -0.39 is 0 Å². The first kappa shape index (κ1) is 11.4. The molecule has 0 aliphatic heterocycles. The van der Waals surface area contributed by atoms with E-state index in [0.29, 0.717) is 0 Å². The smallest absolute Gasteiger partial charge is 0.223 e. The summed E-state index contributed by atoms with van der Waals surface area (Å²) in [5.74, 6) is 0.722. The Balaban J connectivity index is 1.50. The molecule has 1 aromatic carbocycles. The number of hydrogen-bond donors (Lipinski definition) is 2. The Morgan fingerprint density at radius 2 is 2.06 bits per heavy atom. The van der Waals surface area contributed by atoms with Gasteiger partial charge in [0.2, 0.25) is 5.95 Å². The fourth-order valence-corrected chi connectivity index (χ4v) is 1.94. The maximum absolute atomic E-state index is 4.48. The lowest BCUT2D eigenvalue weighted by atomic mass is 10.2. The number of anilines is 1. The van der Waals surface area contributed by atoms with Crippen molar-refractivity contribution in [3.05, 3.63) is 30.5 Å². The molecule has 4 nitrogen and oxygen atoms in total. The normalized spacial score (nSPS) is 14.9. The zero-order valence-electron chi connectivity index (χ0n) is 10.4. The van der Waals surface area contributed by atoms with Crippen LogP contribution in [0, 0.1) is 0 Å². The van der Waals surface area contributed by atoms with E-state index in [1.165, 1.54) is 12.8 Å². The summed E-state index contributed by atoms with van der Waals surface area (Å²) < 4.78 is 0. The van der Waals surface area contributed by atoms with Gasteiger partial charge in [-0.3, -0.25) is 0 Å². The Kier molecular flexibility index (Phi) is 3.37. The zero-order chi connectivity index (χ0) is 12.2. The lowest BCUT2D eigenvalue weighted by molar-refractivity contribution is 0.658. The highest BCUT2D eigenvalue weighted by atomic mass is 15.1. The summed E-state index contributed by atoms with van der Waals surface area (Å²) >= 11 is 0. The van der Waals surface area contributed by atoms with E-state index in [-0.39, 0.29) is 0 Å². The molecule has 0 unspecified atom stereocenters. The van der Waals surface area contributed by atoms with Crippen LogP contribution in [0.1, 0.15) is 19.3 Å². The largest absolute Gasteiger partial charge is 0.354 e. The van der Waals surface area contributed by atoms with Crippen molar-refractivity contribution in [1.82, 2.24) is 15.3 Å².